The highest BCUT2D eigenvalue weighted by atomic mass is 16.5. The molecule has 0 aromatic carbocycles. The van der Waals surface area contributed by atoms with Crippen LogP contribution < -0.4 is 0 Å². The van der Waals surface area contributed by atoms with Crippen molar-refractivity contribution < 1.29 is 20.1 Å². The lowest BCUT2D eigenvalue weighted by Gasteiger charge is -2.42. The molecule has 33 heavy (non-hydrogen) atoms. The molecule has 3 N–H and O–H groups in total. The van der Waals surface area contributed by atoms with Crippen LogP contribution in [0.15, 0.2) is 47.1 Å². The van der Waals surface area contributed by atoms with Gasteiger partial charge in [0.25, 0.3) is 0 Å². The van der Waals surface area contributed by atoms with Crippen molar-refractivity contribution in [2.75, 3.05) is 6.61 Å². The van der Waals surface area contributed by atoms with Crippen LogP contribution in [0.5, 0.6) is 0 Å². The van der Waals surface area contributed by atoms with Gasteiger partial charge in [0.05, 0.1) is 18.3 Å². The maximum Gasteiger partial charge on any atom is 0.125 e. The lowest BCUT2D eigenvalue weighted by Crippen LogP contribution is -2.34. The Hall–Kier alpha value is -1.64. The highest BCUT2D eigenvalue weighted by Crippen LogP contribution is 2.55. The molecule has 3 aliphatic carbocycles. The number of hydrogen-bond donors (Lipinski definition) is 3. The molecule has 4 heteroatoms. The highest BCUT2D eigenvalue weighted by molar-refractivity contribution is 5.40. The second kappa shape index (κ2) is 10.7. The first kappa shape index (κ1) is 26.0. The monoisotopic (exact) mass is 454 g/mol. The molecule has 3 aliphatic rings. The van der Waals surface area contributed by atoms with Crippen LogP contribution in [0.4, 0.5) is 0 Å². The van der Waals surface area contributed by atoms with Crippen molar-refractivity contribution >= 4 is 0 Å². The average molecular weight is 455 g/mol. The quantitative estimate of drug-likeness (QED) is 0.390. The van der Waals surface area contributed by atoms with Gasteiger partial charge >= 0.3 is 0 Å². The van der Waals surface area contributed by atoms with Crippen LogP contribution in [0.3, 0.4) is 0 Å². The molecule has 0 radical (unpaired) electrons. The predicted molar refractivity (Wildman–Crippen MR) is 133 cm³/mol. The Labute approximate surface area is 200 Å². The van der Waals surface area contributed by atoms with E-state index in [4.69, 9.17) is 4.74 Å². The summed E-state index contributed by atoms with van der Waals surface area (Å²) in [6.45, 7) is 12.7. The van der Waals surface area contributed by atoms with Gasteiger partial charge in [-0.2, -0.15) is 0 Å². The van der Waals surface area contributed by atoms with E-state index in [1.165, 1.54) is 11.1 Å². The van der Waals surface area contributed by atoms with Gasteiger partial charge in [-0.15, -0.1) is 0 Å². The van der Waals surface area contributed by atoms with Crippen LogP contribution in [0.25, 0.3) is 0 Å². The fourth-order valence-electron chi connectivity index (χ4n) is 5.83. The maximum absolute atomic E-state index is 10.3. The molecule has 5 atom stereocenters. The smallest absolute Gasteiger partial charge is 0.125 e. The normalized spacial score (nSPS) is 33.5. The molecule has 0 aliphatic heterocycles. The summed E-state index contributed by atoms with van der Waals surface area (Å²) in [7, 11) is 0. The first-order valence-electron chi connectivity index (χ1n) is 12.6. The van der Waals surface area contributed by atoms with E-state index in [1.807, 2.05) is 13.8 Å². The van der Waals surface area contributed by atoms with Crippen LogP contribution in [0.1, 0.15) is 79.1 Å². The van der Waals surface area contributed by atoms with E-state index >= 15 is 0 Å². The average Bonchev–Trinajstić information content (AvgIpc) is 3.15. The molecule has 0 unspecified atom stereocenters. The number of hydrogen-bond acceptors (Lipinski definition) is 4. The maximum atomic E-state index is 10.3. The van der Waals surface area contributed by atoms with Crippen molar-refractivity contribution in [1.29, 1.82) is 0 Å². The highest BCUT2D eigenvalue weighted by Gasteiger charge is 2.46. The standard InChI is InChI=1S/C29H42O4/c1-6-29(32,7-2)16-9-17-33-21(4)25-13-14-26-22(10-8-15-28(25,26)5)11-12-23-18-24(30)19-27(31)20(23)3/h11-13,21,24,26-27,30-32H,3,6-8,10,14-15,17-19H2,1-2,4-5H3/t21-,24-,26+,27+,28-/m1/s1. The fraction of sp³-hybridized carbons (Fsp3) is 0.655. The number of aliphatic hydroxyl groups is 3. The molecule has 2 saturated carbocycles. The summed E-state index contributed by atoms with van der Waals surface area (Å²) in [5.41, 5.74) is 3.66. The van der Waals surface area contributed by atoms with E-state index in [9.17, 15) is 15.3 Å². The van der Waals surface area contributed by atoms with Gasteiger partial charge in [-0.25, -0.2) is 0 Å². The minimum Gasteiger partial charge on any atom is -0.393 e. The Morgan fingerprint density at radius 3 is 2.73 bits per heavy atom. The van der Waals surface area contributed by atoms with E-state index in [1.54, 1.807) is 0 Å². The van der Waals surface area contributed by atoms with E-state index in [0.717, 1.165) is 36.8 Å². The Bertz CT molecular complexity index is 879. The molecule has 0 amide bonds. The minimum absolute atomic E-state index is 0.00762. The third-order valence-electron chi connectivity index (χ3n) is 8.21. The van der Waals surface area contributed by atoms with Crippen LogP contribution in [0.2, 0.25) is 0 Å². The summed E-state index contributed by atoms with van der Waals surface area (Å²) < 4.78 is 6.10. The molecule has 3 rings (SSSR count). The van der Waals surface area contributed by atoms with Gasteiger partial charge < -0.3 is 20.1 Å². The first-order valence-corrected chi connectivity index (χ1v) is 12.6. The molecular formula is C29H42O4. The second-order valence-electron chi connectivity index (χ2n) is 10.3. The lowest BCUT2D eigenvalue weighted by atomic mass is 9.63. The molecule has 0 bridgehead atoms. The molecule has 0 aromatic heterocycles. The van der Waals surface area contributed by atoms with Gasteiger partial charge in [-0.1, -0.05) is 63.0 Å². The molecule has 0 spiro atoms. The fourth-order valence-corrected chi connectivity index (χ4v) is 5.83. The van der Waals surface area contributed by atoms with Crippen LogP contribution >= 0.6 is 0 Å². The second-order valence-corrected chi connectivity index (χ2v) is 10.3. The molecule has 182 valence electrons. The Balaban J connectivity index is 1.69. The first-order chi connectivity index (χ1) is 15.6. The van der Waals surface area contributed by atoms with Crippen molar-refractivity contribution in [1.82, 2.24) is 0 Å². The molecule has 0 heterocycles. The van der Waals surface area contributed by atoms with Crippen molar-refractivity contribution in [3.05, 3.63) is 47.1 Å². The number of rotatable bonds is 6. The summed E-state index contributed by atoms with van der Waals surface area (Å²) in [4.78, 5) is 0. The SMILES string of the molecule is C=C1C(=CC=C2CCC[C@]3(C)C([C@@H](C)OCC#CC(O)(CC)CC)=CC[C@@H]23)C[C@@H](O)C[C@@H]1O. The topological polar surface area (TPSA) is 69.9 Å². The summed E-state index contributed by atoms with van der Waals surface area (Å²) >= 11 is 0. The Kier molecular flexibility index (Phi) is 8.45. The number of allylic oxidation sites excluding steroid dienone is 4. The summed E-state index contributed by atoms with van der Waals surface area (Å²) in [5, 5.41) is 30.5. The van der Waals surface area contributed by atoms with Crippen LogP contribution in [0, 0.1) is 23.2 Å². The predicted octanol–water partition coefficient (Wildman–Crippen LogP) is 5.01. The van der Waals surface area contributed by atoms with Crippen LogP contribution in [-0.4, -0.2) is 45.8 Å². The van der Waals surface area contributed by atoms with E-state index in [2.05, 4.69) is 50.5 Å². The molecule has 2 fully saturated rings. The summed E-state index contributed by atoms with van der Waals surface area (Å²) in [6.07, 6.45) is 12.0. The van der Waals surface area contributed by atoms with Gasteiger partial charge in [0, 0.05) is 6.42 Å². The van der Waals surface area contributed by atoms with Crippen molar-refractivity contribution in [2.45, 2.75) is 103 Å². The largest absolute Gasteiger partial charge is 0.393 e. The number of fused-ring (bicyclic) bond motifs is 1. The van der Waals surface area contributed by atoms with Crippen molar-refractivity contribution in [2.24, 2.45) is 11.3 Å². The zero-order valence-corrected chi connectivity index (χ0v) is 20.9. The Morgan fingerprint density at radius 1 is 1.30 bits per heavy atom. The summed E-state index contributed by atoms with van der Waals surface area (Å²) in [5.74, 6) is 6.45. The zero-order valence-electron chi connectivity index (χ0n) is 20.9. The van der Waals surface area contributed by atoms with Gasteiger partial charge in [0.1, 0.15) is 12.2 Å². The van der Waals surface area contributed by atoms with Gasteiger partial charge in [-0.05, 0) is 79.9 Å². The van der Waals surface area contributed by atoms with Crippen molar-refractivity contribution in [3.8, 4) is 11.8 Å². The third kappa shape index (κ3) is 5.72. The molecule has 0 aromatic rings. The van der Waals surface area contributed by atoms with E-state index < -0.39 is 17.8 Å². The van der Waals surface area contributed by atoms with E-state index in [0.29, 0.717) is 38.2 Å². The van der Waals surface area contributed by atoms with Crippen molar-refractivity contribution in [3.63, 3.8) is 0 Å². The van der Waals surface area contributed by atoms with Gasteiger partial charge in [-0.3, -0.25) is 0 Å². The van der Waals surface area contributed by atoms with Gasteiger partial charge in [0.15, 0.2) is 0 Å². The summed E-state index contributed by atoms with van der Waals surface area (Å²) in [6, 6.07) is 0. The van der Waals surface area contributed by atoms with Gasteiger partial charge in [0.2, 0.25) is 0 Å². The molecule has 4 nitrogen and oxygen atoms in total. The third-order valence-corrected chi connectivity index (χ3v) is 8.21. The Morgan fingerprint density at radius 2 is 2.03 bits per heavy atom. The van der Waals surface area contributed by atoms with E-state index in [-0.39, 0.29) is 11.5 Å². The lowest BCUT2D eigenvalue weighted by molar-refractivity contribution is 0.0841. The molecule has 0 saturated heterocycles. The minimum atomic E-state index is -0.913. The number of ether oxygens (including phenoxy) is 1. The van der Waals surface area contributed by atoms with Crippen LogP contribution in [-0.2, 0) is 4.74 Å². The molecular weight excluding hydrogens is 412 g/mol. The zero-order chi connectivity index (χ0) is 24.2. The number of aliphatic hydroxyl groups excluding tert-OH is 2.